The molecular formula is C10H21BrN2O2S. The van der Waals surface area contributed by atoms with Gasteiger partial charge in [-0.2, -0.15) is 0 Å². The number of hydrogen-bond acceptors (Lipinski definition) is 3. The Bertz CT molecular complexity index is 308. The van der Waals surface area contributed by atoms with Crippen molar-refractivity contribution in [2.24, 2.45) is 5.92 Å². The van der Waals surface area contributed by atoms with Gasteiger partial charge in [-0.3, -0.25) is 0 Å². The Kier molecular flexibility index (Phi) is 5.70. The lowest BCUT2D eigenvalue weighted by Gasteiger charge is -2.31. The number of rotatable bonds is 5. The second-order valence-corrected chi connectivity index (χ2v) is 7.22. The van der Waals surface area contributed by atoms with Crippen LogP contribution in [0.5, 0.6) is 0 Å². The van der Waals surface area contributed by atoms with Crippen molar-refractivity contribution in [1.82, 2.24) is 9.62 Å². The molecule has 0 spiro atoms. The normalized spacial score (nSPS) is 25.6. The zero-order chi connectivity index (χ0) is 12.2. The quantitative estimate of drug-likeness (QED) is 0.771. The molecule has 0 aromatic heterocycles. The van der Waals surface area contributed by atoms with Gasteiger partial charge in [-0.15, -0.1) is 0 Å². The fraction of sp³-hybridized carbons (Fsp3) is 1.00. The molecule has 0 amide bonds. The molecule has 0 radical (unpaired) electrons. The van der Waals surface area contributed by atoms with Crippen LogP contribution < -0.4 is 5.32 Å². The van der Waals surface area contributed by atoms with Gasteiger partial charge in [0.15, 0.2) is 0 Å². The van der Waals surface area contributed by atoms with E-state index in [1.807, 2.05) is 0 Å². The van der Waals surface area contributed by atoms with Crippen LogP contribution in [-0.4, -0.2) is 50.0 Å². The molecule has 2 atom stereocenters. The van der Waals surface area contributed by atoms with E-state index in [0.29, 0.717) is 25.0 Å². The first-order chi connectivity index (χ1) is 7.43. The second kappa shape index (κ2) is 6.33. The first kappa shape index (κ1) is 14.4. The largest absolute Gasteiger partial charge is 0.313 e. The molecule has 1 aliphatic rings. The van der Waals surface area contributed by atoms with E-state index in [1.54, 1.807) is 4.31 Å². The number of piperidine rings is 1. The van der Waals surface area contributed by atoms with Gasteiger partial charge in [-0.1, -0.05) is 15.9 Å². The van der Waals surface area contributed by atoms with Crippen molar-refractivity contribution < 1.29 is 8.42 Å². The van der Waals surface area contributed by atoms with E-state index in [0.717, 1.165) is 24.7 Å². The van der Waals surface area contributed by atoms with E-state index in [2.05, 4.69) is 28.2 Å². The van der Waals surface area contributed by atoms with Crippen LogP contribution in [0.25, 0.3) is 0 Å². The van der Waals surface area contributed by atoms with Crippen LogP contribution in [0.15, 0.2) is 0 Å². The van der Waals surface area contributed by atoms with Gasteiger partial charge in [-0.05, 0) is 32.2 Å². The monoisotopic (exact) mass is 312 g/mol. The molecule has 0 saturated carbocycles. The molecule has 1 rings (SSSR count). The summed E-state index contributed by atoms with van der Waals surface area (Å²) >= 11 is 3.41. The van der Waals surface area contributed by atoms with Crippen molar-refractivity contribution in [2.45, 2.75) is 25.8 Å². The highest BCUT2D eigenvalue weighted by Gasteiger charge is 2.25. The van der Waals surface area contributed by atoms with Gasteiger partial charge in [0.2, 0.25) is 10.0 Å². The standard InChI is InChI=1S/C10H21BrN2O2S/c1-9(6-11)12-7-10-4-3-5-13(8-10)16(2,14)15/h9-10,12H,3-8H2,1-2H3. The minimum absolute atomic E-state index is 0.439. The molecule has 1 saturated heterocycles. The van der Waals surface area contributed by atoms with Crippen LogP contribution in [0.4, 0.5) is 0 Å². The molecule has 0 bridgehead atoms. The maximum Gasteiger partial charge on any atom is 0.211 e. The maximum absolute atomic E-state index is 11.4. The van der Waals surface area contributed by atoms with Crippen LogP contribution in [0, 0.1) is 5.92 Å². The van der Waals surface area contributed by atoms with Gasteiger partial charge in [0.25, 0.3) is 0 Å². The molecule has 1 aliphatic heterocycles. The third-order valence-corrected chi connectivity index (χ3v) is 5.18. The van der Waals surface area contributed by atoms with Crippen LogP contribution in [0.2, 0.25) is 0 Å². The van der Waals surface area contributed by atoms with Gasteiger partial charge >= 0.3 is 0 Å². The summed E-state index contributed by atoms with van der Waals surface area (Å²) < 4.78 is 24.4. The minimum Gasteiger partial charge on any atom is -0.313 e. The highest BCUT2D eigenvalue weighted by molar-refractivity contribution is 9.09. The van der Waals surface area contributed by atoms with Crippen LogP contribution in [0.3, 0.4) is 0 Å². The Morgan fingerprint density at radius 1 is 1.56 bits per heavy atom. The predicted molar refractivity (Wildman–Crippen MR) is 70.4 cm³/mol. The van der Waals surface area contributed by atoms with Crippen molar-refractivity contribution in [1.29, 1.82) is 0 Å². The SMILES string of the molecule is CC(CBr)NCC1CCCN(S(C)(=O)=O)C1. The summed E-state index contributed by atoms with van der Waals surface area (Å²) in [5, 5.41) is 4.33. The Morgan fingerprint density at radius 3 is 2.81 bits per heavy atom. The fourth-order valence-electron chi connectivity index (χ4n) is 1.92. The second-order valence-electron chi connectivity index (χ2n) is 4.59. The zero-order valence-electron chi connectivity index (χ0n) is 9.95. The van der Waals surface area contributed by atoms with Crippen LogP contribution in [-0.2, 0) is 10.0 Å². The third-order valence-electron chi connectivity index (χ3n) is 2.94. The smallest absolute Gasteiger partial charge is 0.211 e. The lowest BCUT2D eigenvalue weighted by atomic mass is 9.99. The van der Waals surface area contributed by atoms with Crippen molar-refractivity contribution >= 4 is 26.0 Å². The van der Waals surface area contributed by atoms with E-state index in [4.69, 9.17) is 0 Å². The van der Waals surface area contributed by atoms with E-state index >= 15 is 0 Å². The average Bonchev–Trinajstić information content (AvgIpc) is 2.25. The van der Waals surface area contributed by atoms with E-state index < -0.39 is 10.0 Å². The number of nitrogens with zero attached hydrogens (tertiary/aromatic N) is 1. The molecule has 0 aliphatic carbocycles. The van der Waals surface area contributed by atoms with Crippen molar-refractivity contribution in [2.75, 3.05) is 31.2 Å². The van der Waals surface area contributed by atoms with E-state index in [1.165, 1.54) is 6.26 Å². The number of halogens is 1. The van der Waals surface area contributed by atoms with Gasteiger partial charge in [-0.25, -0.2) is 12.7 Å². The third kappa shape index (κ3) is 4.69. The van der Waals surface area contributed by atoms with Crippen molar-refractivity contribution in [3.63, 3.8) is 0 Å². The molecular weight excluding hydrogens is 292 g/mol. The van der Waals surface area contributed by atoms with Crippen LogP contribution in [0.1, 0.15) is 19.8 Å². The summed E-state index contributed by atoms with van der Waals surface area (Å²) in [5.74, 6) is 0.449. The Labute approximate surface area is 107 Å². The molecule has 1 heterocycles. The average molecular weight is 313 g/mol. The summed E-state index contributed by atoms with van der Waals surface area (Å²) in [7, 11) is -3.01. The predicted octanol–water partition coefficient (Wildman–Crippen LogP) is 1.03. The fourth-order valence-corrected chi connectivity index (χ4v) is 3.09. The molecule has 0 aromatic rings. The molecule has 16 heavy (non-hydrogen) atoms. The lowest BCUT2D eigenvalue weighted by molar-refractivity contribution is 0.258. The Morgan fingerprint density at radius 2 is 2.25 bits per heavy atom. The molecule has 1 fully saturated rings. The molecule has 6 heteroatoms. The number of alkyl halides is 1. The zero-order valence-corrected chi connectivity index (χ0v) is 12.3. The summed E-state index contributed by atoms with van der Waals surface area (Å²) in [6.45, 7) is 4.37. The topological polar surface area (TPSA) is 49.4 Å². The van der Waals surface area contributed by atoms with Gasteiger partial charge in [0.1, 0.15) is 0 Å². The maximum atomic E-state index is 11.4. The molecule has 4 nitrogen and oxygen atoms in total. The van der Waals surface area contributed by atoms with Gasteiger partial charge < -0.3 is 5.32 Å². The highest BCUT2D eigenvalue weighted by atomic mass is 79.9. The first-order valence-corrected chi connectivity index (χ1v) is 8.65. The van der Waals surface area contributed by atoms with Crippen molar-refractivity contribution in [3.8, 4) is 0 Å². The minimum atomic E-state index is -3.01. The van der Waals surface area contributed by atoms with Crippen LogP contribution >= 0.6 is 15.9 Å². The van der Waals surface area contributed by atoms with E-state index in [9.17, 15) is 8.42 Å². The Hall–Kier alpha value is 0.350. The Balaban J connectivity index is 2.39. The van der Waals surface area contributed by atoms with Crippen molar-refractivity contribution in [3.05, 3.63) is 0 Å². The highest BCUT2D eigenvalue weighted by Crippen LogP contribution is 2.18. The summed E-state index contributed by atoms with van der Waals surface area (Å²) in [4.78, 5) is 0. The van der Waals surface area contributed by atoms with Gasteiger partial charge in [0.05, 0.1) is 6.26 Å². The molecule has 96 valence electrons. The summed E-state index contributed by atoms with van der Waals surface area (Å²) in [5.41, 5.74) is 0. The first-order valence-electron chi connectivity index (χ1n) is 5.68. The molecule has 1 N–H and O–H groups in total. The molecule has 2 unspecified atom stereocenters. The number of sulfonamides is 1. The number of hydrogen-bond donors (Lipinski definition) is 1. The van der Waals surface area contributed by atoms with Gasteiger partial charge in [0, 0.05) is 24.5 Å². The summed E-state index contributed by atoms with van der Waals surface area (Å²) in [6, 6.07) is 0.439. The summed E-state index contributed by atoms with van der Waals surface area (Å²) in [6.07, 6.45) is 3.39. The molecule has 0 aromatic carbocycles. The number of nitrogens with one attached hydrogen (secondary N) is 1. The van der Waals surface area contributed by atoms with E-state index in [-0.39, 0.29) is 0 Å². The lowest BCUT2D eigenvalue weighted by Crippen LogP contribution is -2.43.